The molecule has 0 aromatic carbocycles. The molecular formula is C13H25KN2. The fourth-order valence-corrected chi connectivity index (χ4v) is 2.97. The molecule has 2 aliphatic heterocycles. The van der Waals surface area contributed by atoms with Gasteiger partial charge in [-0.1, -0.05) is 5.92 Å². The maximum atomic E-state index is 4.03. The molecule has 0 radical (unpaired) electrons. The summed E-state index contributed by atoms with van der Waals surface area (Å²) in [5.74, 6) is 0.910. The van der Waals surface area contributed by atoms with Gasteiger partial charge >= 0.3 is 51.4 Å². The molecule has 2 nitrogen and oxygen atoms in total. The van der Waals surface area contributed by atoms with E-state index in [1.807, 2.05) is 0 Å². The summed E-state index contributed by atoms with van der Waals surface area (Å²) < 4.78 is 0. The minimum absolute atomic E-state index is 0. The van der Waals surface area contributed by atoms with Gasteiger partial charge in [-0.15, -0.1) is 0 Å². The summed E-state index contributed by atoms with van der Waals surface area (Å²) in [6.07, 6.45) is 6.67. The van der Waals surface area contributed by atoms with Gasteiger partial charge in [-0.25, -0.2) is 0 Å². The summed E-state index contributed by atoms with van der Waals surface area (Å²) in [4.78, 5) is 5.19. The van der Waals surface area contributed by atoms with E-state index in [-0.39, 0.29) is 51.4 Å². The molecule has 16 heavy (non-hydrogen) atoms. The Bertz CT molecular complexity index is 182. The van der Waals surface area contributed by atoms with Gasteiger partial charge in [0.25, 0.3) is 0 Å². The molecule has 3 heteroatoms. The van der Waals surface area contributed by atoms with E-state index in [4.69, 9.17) is 0 Å². The van der Waals surface area contributed by atoms with Gasteiger partial charge in [0.15, 0.2) is 0 Å². The summed E-state index contributed by atoms with van der Waals surface area (Å²) in [6.45, 7) is 9.27. The van der Waals surface area contributed by atoms with E-state index < -0.39 is 0 Å². The van der Waals surface area contributed by atoms with Crippen LogP contribution in [0.1, 0.15) is 32.1 Å². The second kappa shape index (κ2) is 7.87. The topological polar surface area (TPSA) is 6.48 Å². The Kier molecular flexibility index (Phi) is 7.68. The van der Waals surface area contributed by atoms with Crippen molar-refractivity contribution in [2.75, 3.05) is 33.2 Å². The van der Waals surface area contributed by atoms with E-state index in [0.29, 0.717) is 0 Å². The zero-order valence-corrected chi connectivity index (χ0v) is 14.2. The van der Waals surface area contributed by atoms with Crippen LogP contribution in [0.4, 0.5) is 0 Å². The smallest absolute Gasteiger partial charge is 0.343 e. The fourth-order valence-electron chi connectivity index (χ4n) is 2.97. The maximum Gasteiger partial charge on any atom is 1.00 e. The van der Waals surface area contributed by atoms with Crippen molar-refractivity contribution < 1.29 is 51.4 Å². The van der Waals surface area contributed by atoms with Crippen LogP contribution >= 0.6 is 0 Å². The number of piperidine rings is 2. The second-order valence-electron chi connectivity index (χ2n) is 5.30. The van der Waals surface area contributed by atoms with Crippen molar-refractivity contribution in [2.24, 2.45) is 5.92 Å². The zero-order valence-electron chi connectivity index (χ0n) is 11.1. The van der Waals surface area contributed by atoms with E-state index in [1.54, 1.807) is 0 Å². The Hall–Kier alpha value is 1.56. The van der Waals surface area contributed by atoms with E-state index in [0.717, 1.165) is 18.4 Å². The summed E-state index contributed by atoms with van der Waals surface area (Å²) in [5.41, 5.74) is 0. The molecule has 2 rings (SSSR count). The molecule has 0 bridgehead atoms. The third-order valence-electron chi connectivity index (χ3n) is 4.26. The summed E-state index contributed by atoms with van der Waals surface area (Å²) in [6, 6.07) is 0.881. The first-order valence-electron chi connectivity index (χ1n) is 6.51. The largest absolute Gasteiger partial charge is 1.00 e. The average Bonchev–Trinajstić information content (AvgIpc) is 2.30. The third-order valence-corrected chi connectivity index (χ3v) is 4.26. The van der Waals surface area contributed by atoms with Crippen LogP contribution in [-0.4, -0.2) is 49.1 Å². The van der Waals surface area contributed by atoms with Gasteiger partial charge in [-0.2, -0.15) is 6.42 Å². The van der Waals surface area contributed by atoms with Crippen molar-refractivity contribution in [3.8, 4) is 0 Å². The predicted molar refractivity (Wildman–Crippen MR) is 64.8 cm³/mol. The van der Waals surface area contributed by atoms with E-state index in [2.05, 4.69) is 23.8 Å². The van der Waals surface area contributed by atoms with Crippen molar-refractivity contribution in [3.63, 3.8) is 0 Å². The second-order valence-corrected chi connectivity index (χ2v) is 5.30. The molecule has 0 aliphatic carbocycles. The number of rotatable bonds is 2. The fraction of sp³-hybridized carbons (Fsp3) is 0.923. The van der Waals surface area contributed by atoms with Gasteiger partial charge in [0, 0.05) is 6.04 Å². The third kappa shape index (κ3) is 4.34. The minimum Gasteiger partial charge on any atom is -0.343 e. The summed E-state index contributed by atoms with van der Waals surface area (Å²) >= 11 is 0. The van der Waals surface area contributed by atoms with E-state index in [9.17, 15) is 0 Å². The molecule has 2 aliphatic rings. The molecule has 0 amide bonds. The molecule has 0 N–H and O–H groups in total. The van der Waals surface area contributed by atoms with Crippen molar-refractivity contribution in [1.82, 2.24) is 9.80 Å². The Balaban J connectivity index is 0.00000128. The molecule has 0 saturated carbocycles. The molecule has 2 fully saturated rings. The molecular weight excluding hydrogens is 223 g/mol. The van der Waals surface area contributed by atoms with E-state index in [1.165, 1.54) is 51.9 Å². The predicted octanol–water partition coefficient (Wildman–Crippen LogP) is -0.979. The van der Waals surface area contributed by atoms with Gasteiger partial charge in [0.2, 0.25) is 0 Å². The molecule has 0 aromatic heterocycles. The molecule has 0 unspecified atom stereocenters. The van der Waals surface area contributed by atoms with Crippen molar-refractivity contribution in [1.29, 1.82) is 0 Å². The summed E-state index contributed by atoms with van der Waals surface area (Å²) in [7, 11) is 2.24. The van der Waals surface area contributed by atoms with Gasteiger partial charge in [-0.05, 0) is 58.9 Å². The molecule has 0 spiro atoms. The number of hydrogen-bond donors (Lipinski definition) is 0. The van der Waals surface area contributed by atoms with Crippen LogP contribution < -0.4 is 51.4 Å². The minimum atomic E-state index is 0. The van der Waals surface area contributed by atoms with Crippen LogP contribution in [0.15, 0.2) is 0 Å². The van der Waals surface area contributed by atoms with Crippen LogP contribution in [0, 0.1) is 12.8 Å². The maximum absolute atomic E-state index is 4.03. The van der Waals surface area contributed by atoms with Crippen LogP contribution in [-0.2, 0) is 0 Å². The molecule has 0 atom stereocenters. The van der Waals surface area contributed by atoms with Gasteiger partial charge in [0.1, 0.15) is 0 Å². The van der Waals surface area contributed by atoms with Gasteiger partial charge in [-0.3, -0.25) is 0 Å². The van der Waals surface area contributed by atoms with Crippen LogP contribution in [0.2, 0.25) is 0 Å². The Morgan fingerprint density at radius 2 is 1.56 bits per heavy atom. The quantitative estimate of drug-likeness (QED) is 0.458. The Morgan fingerprint density at radius 3 is 2.06 bits per heavy atom. The van der Waals surface area contributed by atoms with Crippen LogP contribution in [0.3, 0.4) is 0 Å². The van der Waals surface area contributed by atoms with Gasteiger partial charge < -0.3 is 16.7 Å². The number of nitrogens with zero attached hydrogens (tertiary/aromatic N) is 2. The van der Waals surface area contributed by atoms with E-state index >= 15 is 0 Å². The van der Waals surface area contributed by atoms with Crippen LogP contribution in [0.25, 0.3) is 0 Å². The average molecular weight is 248 g/mol. The SMILES string of the molecule is [CH2-]CC1CCN(C2CCN(C)CC2)CC1.[K+]. The molecule has 2 heterocycles. The Morgan fingerprint density at radius 1 is 1.00 bits per heavy atom. The monoisotopic (exact) mass is 248 g/mol. The molecule has 0 aromatic rings. The normalized spacial score (nSPS) is 26.6. The summed E-state index contributed by atoms with van der Waals surface area (Å²) in [5, 5.41) is 0. The standard InChI is InChI=1S/C13H25N2.K/c1-3-12-4-10-15(11-5-12)13-6-8-14(2)9-7-13;/h12-13H,1,3-11H2,2H3;/q-1;+1. The number of likely N-dealkylation sites (tertiary alicyclic amines) is 2. The zero-order chi connectivity index (χ0) is 10.7. The first-order valence-corrected chi connectivity index (χ1v) is 6.51. The Labute approximate surface area is 144 Å². The van der Waals surface area contributed by atoms with Crippen molar-refractivity contribution >= 4 is 0 Å². The number of hydrogen-bond acceptors (Lipinski definition) is 2. The van der Waals surface area contributed by atoms with Crippen LogP contribution in [0.5, 0.6) is 0 Å². The molecule has 2 saturated heterocycles. The van der Waals surface area contributed by atoms with Crippen molar-refractivity contribution in [2.45, 2.75) is 38.1 Å². The first kappa shape index (κ1) is 15.6. The van der Waals surface area contributed by atoms with Gasteiger partial charge in [0.05, 0.1) is 0 Å². The van der Waals surface area contributed by atoms with Crippen molar-refractivity contribution in [3.05, 3.63) is 6.92 Å². The molecule has 88 valence electrons. The first-order chi connectivity index (χ1) is 7.29.